The van der Waals surface area contributed by atoms with Crippen molar-refractivity contribution < 1.29 is 9.84 Å². The van der Waals surface area contributed by atoms with Crippen molar-refractivity contribution in [3.8, 4) is 0 Å². The molecule has 0 heterocycles. The number of fused-ring (bicyclic) bond motifs is 5. The summed E-state index contributed by atoms with van der Waals surface area (Å²) in [5, 5.41) is 10.1. The first-order valence-electron chi connectivity index (χ1n) is 13.8. The predicted octanol–water partition coefficient (Wildman–Crippen LogP) is 7.86. The fourth-order valence-electron chi connectivity index (χ4n) is 8.52. The van der Waals surface area contributed by atoms with Gasteiger partial charge < -0.3 is 9.84 Å². The lowest BCUT2D eigenvalue weighted by atomic mass is 9.50. The third-order valence-corrected chi connectivity index (χ3v) is 10.2. The Morgan fingerprint density at radius 2 is 1.91 bits per heavy atom. The molecule has 2 nitrogen and oxygen atoms in total. The largest absolute Gasteiger partial charge is 0.390 e. The maximum Gasteiger partial charge on any atom is 0.0591 e. The van der Waals surface area contributed by atoms with Crippen LogP contribution < -0.4 is 0 Å². The van der Waals surface area contributed by atoms with Gasteiger partial charge in [0.1, 0.15) is 0 Å². The van der Waals surface area contributed by atoms with Gasteiger partial charge in [-0.25, -0.2) is 0 Å². The molecular weight excluding hydrogens is 392 g/mol. The molecule has 32 heavy (non-hydrogen) atoms. The summed E-state index contributed by atoms with van der Waals surface area (Å²) in [5.41, 5.74) is 3.77. The first-order chi connectivity index (χ1) is 15.1. The van der Waals surface area contributed by atoms with E-state index in [9.17, 15) is 5.11 Å². The van der Waals surface area contributed by atoms with E-state index in [2.05, 4.69) is 39.8 Å². The molecule has 0 bridgehead atoms. The number of ether oxygens (including phenoxy) is 1. The third-order valence-electron chi connectivity index (χ3n) is 10.2. The lowest BCUT2D eigenvalue weighted by Gasteiger charge is -2.55. The minimum absolute atomic E-state index is 0.318. The minimum atomic E-state index is -0.523. The summed E-state index contributed by atoms with van der Waals surface area (Å²) >= 11 is 0. The Labute approximate surface area is 198 Å². The highest BCUT2D eigenvalue weighted by molar-refractivity contribution is 5.38. The highest BCUT2D eigenvalue weighted by Crippen LogP contribution is 2.66. The molecule has 6 unspecified atom stereocenters. The molecule has 0 aromatic rings. The fraction of sp³-hybridized carbons (Fsp3) is 0.867. The first-order valence-corrected chi connectivity index (χ1v) is 13.8. The Morgan fingerprint density at radius 1 is 1.12 bits per heavy atom. The molecule has 182 valence electrons. The molecule has 3 fully saturated rings. The van der Waals surface area contributed by atoms with Crippen LogP contribution in [0.25, 0.3) is 0 Å². The van der Waals surface area contributed by atoms with E-state index in [1.165, 1.54) is 51.4 Å². The summed E-state index contributed by atoms with van der Waals surface area (Å²) in [4.78, 5) is 0. The van der Waals surface area contributed by atoms with E-state index in [1.54, 1.807) is 11.1 Å². The number of rotatable bonds is 8. The lowest BCUT2D eigenvalue weighted by Crippen LogP contribution is -2.47. The van der Waals surface area contributed by atoms with Gasteiger partial charge in [-0.2, -0.15) is 0 Å². The van der Waals surface area contributed by atoms with Gasteiger partial charge in [0, 0.05) is 6.61 Å². The molecule has 4 aliphatic rings. The molecule has 0 spiro atoms. The lowest BCUT2D eigenvalue weighted by molar-refractivity contribution is -0.0185. The second-order valence-corrected chi connectivity index (χ2v) is 13.0. The monoisotopic (exact) mass is 442 g/mol. The van der Waals surface area contributed by atoms with Crippen LogP contribution in [0.3, 0.4) is 0 Å². The quantitative estimate of drug-likeness (QED) is 0.414. The van der Waals surface area contributed by atoms with Crippen molar-refractivity contribution in [2.45, 2.75) is 124 Å². The smallest absolute Gasteiger partial charge is 0.0591 e. The highest BCUT2D eigenvalue weighted by Gasteiger charge is 2.57. The maximum absolute atomic E-state index is 10.1. The van der Waals surface area contributed by atoms with Crippen molar-refractivity contribution in [3.63, 3.8) is 0 Å². The molecule has 7 atom stereocenters. The molecule has 0 aromatic carbocycles. The van der Waals surface area contributed by atoms with Crippen LogP contribution in [0.2, 0.25) is 0 Å². The molecule has 4 rings (SSSR count). The molecule has 1 N–H and O–H groups in total. The summed E-state index contributed by atoms with van der Waals surface area (Å²) in [5.74, 6) is 3.10. The summed E-state index contributed by atoms with van der Waals surface area (Å²) < 4.78 is 6.28. The number of hydrogen-bond donors (Lipinski definition) is 1. The van der Waals surface area contributed by atoms with Gasteiger partial charge in [0.15, 0.2) is 0 Å². The molecular formula is C30H50O2. The van der Waals surface area contributed by atoms with Crippen molar-refractivity contribution in [1.29, 1.82) is 0 Å². The second-order valence-electron chi connectivity index (χ2n) is 13.0. The number of allylic oxidation sites excluding steroid dienone is 4. The van der Waals surface area contributed by atoms with E-state index in [0.717, 1.165) is 49.5 Å². The van der Waals surface area contributed by atoms with Crippen molar-refractivity contribution >= 4 is 0 Å². The summed E-state index contributed by atoms with van der Waals surface area (Å²) in [6.07, 6.45) is 19.2. The SMILES string of the molecule is CCCOC1CCC2=CC=C3C(CCC4(C)C3CCC4[C@H](C)CCCC(C)(C)O)C2(C)C1. The molecule has 0 aliphatic heterocycles. The van der Waals surface area contributed by atoms with Gasteiger partial charge in [-0.15, -0.1) is 0 Å². The van der Waals surface area contributed by atoms with E-state index < -0.39 is 5.60 Å². The Bertz CT molecular complexity index is 728. The molecule has 3 saturated carbocycles. The van der Waals surface area contributed by atoms with Gasteiger partial charge in [-0.05, 0) is 106 Å². The van der Waals surface area contributed by atoms with Gasteiger partial charge in [0.2, 0.25) is 0 Å². The van der Waals surface area contributed by atoms with E-state index in [-0.39, 0.29) is 0 Å². The van der Waals surface area contributed by atoms with Crippen molar-refractivity contribution in [1.82, 2.24) is 0 Å². The Hall–Kier alpha value is -0.600. The first kappa shape index (κ1) is 24.5. The van der Waals surface area contributed by atoms with Crippen LogP contribution in [0.4, 0.5) is 0 Å². The van der Waals surface area contributed by atoms with Crippen LogP contribution in [0.1, 0.15) is 112 Å². The molecule has 0 radical (unpaired) electrons. The van der Waals surface area contributed by atoms with Crippen molar-refractivity contribution in [2.75, 3.05) is 6.61 Å². The normalized spacial score (nSPS) is 40.1. The van der Waals surface area contributed by atoms with E-state index in [1.807, 2.05) is 13.8 Å². The maximum atomic E-state index is 10.1. The van der Waals surface area contributed by atoms with Crippen LogP contribution in [0.15, 0.2) is 23.3 Å². The van der Waals surface area contributed by atoms with Crippen LogP contribution in [0, 0.1) is 34.5 Å². The van der Waals surface area contributed by atoms with E-state index in [4.69, 9.17) is 4.74 Å². The standard InChI is InChI=1S/C30H50O2/c1-7-19-32-23-12-10-22-11-13-24-26-15-14-25(21(2)9-8-17-28(3,4)31)29(26,5)18-16-27(24)30(22,6)20-23/h11,13,21,23,25-27,31H,7-10,12,14-20H2,1-6H3/t21-,23?,25?,26?,27?,29?,30?/m1/s1. The average Bonchev–Trinajstić information content (AvgIpc) is 3.08. The summed E-state index contributed by atoms with van der Waals surface area (Å²) in [6, 6.07) is 0. The van der Waals surface area contributed by atoms with Crippen LogP contribution in [0.5, 0.6) is 0 Å². The zero-order valence-corrected chi connectivity index (χ0v) is 21.9. The van der Waals surface area contributed by atoms with E-state index >= 15 is 0 Å². The summed E-state index contributed by atoms with van der Waals surface area (Å²) in [6.45, 7) is 14.8. The van der Waals surface area contributed by atoms with Gasteiger partial charge in [0.05, 0.1) is 11.7 Å². The zero-order valence-electron chi connectivity index (χ0n) is 21.9. The van der Waals surface area contributed by atoms with Gasteiger partial charge >= 0.3 is 0 Å². The molecule has 0 amide bonds. The Kier molecular flexibility index (Phi) is 7.06. The molecule has 4 aliphatic carbocycles. The van der Waals surface area contributed by atoms with Crippen molar-refractivity contribution in [3.05, 3.63) is 23.3 Å². The number of aliphatic hydroxyl groups is 1. The predicted molar refractivity (Wildman–Crippen MR) is 135 cm³/mol. The van der Waals surface area contributed by atoms with Gasteiger partial charge in [-0.1, -0.05) is 63.8 Å². The van der Waals surface area contributed by atoms with Crippen LogP contribution in [-0.2, 0) is 4.74 Å². The summed E-state index contributed by atoms with van der Waals surface area (Å²) in [7, 11) is 0. The van der Waals surface area contributed by atoms with Gasteiger partial charge in [-0.3, -0.25) is 0 Å². The number of hydrogen-bond acceptors (Lipinski definition) is 2. The fourth-order valence-corrected chi connectivity index (χ4v) is 8.52. The highest BCUT2D eigenvalue weighted by atomic mass is 16.5. The molecule has 2 heteroatoms. The third kappa shape index (κ3) is 4.52. The average molecular weight is 443 g/mol. The second kappa shape index (κ2) is 9.21. The van der Waals surface area contributed by atoms with E-state index in [0.29, 0.717) is 16.9 Å². The Morgan fingerprint density at radius 3 is 2.62 bits per heavy atom. The molecule has 0 aromatic heterocycles. The van der Waals surface area contributed by atoms with Gasteiger partial charge in [0.25, 0.3) is 0 Å². The van der Waals surface area contributed by atoms with Crippen LogP contribution in [-0.4, -0.2) is 23.4 Å². The topological polar surface area (TPSA) is 29.5 Å². The molecule has 0 saturated heterocycles. The Balaban J connectivity index is 1.48. The van der Waals surface area contributed by atoms with Crippen molar-refractivity contribution in [2.24, 2.45) is 34.5 Å². The van der Waals surface area contributed by atoms with Crippen LogP contribution >= 0.6 is 0 Å². The minimum Gasteiger partial charge on any atom is -0.390 e. The zero-order chi connectivity index (χ0) is 23.1.